The number of rotatable bonds is 5. The molecule has 0 aromatic heterocycles. The molecule has 0 N–H and O–H groups in total. The predicted octanol–water partition coefficient (Wildman–Crippen LogP) is 12.4. The van der Waals surface area contributed by atoms with Crippen molar-refractivity contribution in [1.82, 2.24) is 0 Å². The molecule has 3 heteroatoms. The Labute approximate surface area is 326 Å². The Morgan fingerprint density at radius 3 is 1.96 bits per heavy atom. The van der Waals surface area contributed by atoms with E-state index in [9.17, 15) is 0 Å². The Morgan fingerprint density at radius 1 is 0.500 bits per heavy atom. The molecule has 0 fully saturated rings. The van der Waals surface area contributed by atoms with Crippen molar-refractivity contribution in [2.45, 2.75) is 6.92 Å². The van der Waals surface area contributed by atoms with Gasteiger partial charge in [0, 0.05) is 16.4 Å². The van der Waals surface area contributed by atoms with Gasteiger partial charge in [-0.15, -0.1) is 0 Å². The topological polar surface area (TPSA) is 18.5 Å². The Balaban J connectivity index is 1.20. The molecule has 2 aliphatic rings. The van der Waals surface area contributed by atoms with E-state index in [4.69, 9.17) is 9.47 Å². The Bertz CT molecular complexity index is 3120. The minimum absolute atomic E-state index is 0.0846. The van der Waals surface area contributed by atoms with Gasteiger partial charge in [-0.1, -0.05) is 176 Å². The molecule has 9 aromatic rings. The molecule has 2 heterocycles. The first-order valence-corrected chi connectivity index (χ1v) is 19.2. The molecule has 0 spiro atoms. The number of para-hydroxylation sites is 1. The maximum atomic E-state index is 7.31. The molecule has 0 saturated carbocycles. The Morgan fingerprint density at radius 2 is 1.16 bits per heavy atom. The minimum atomic E-state index is -0.0846. The largest absolute Gasteiger partial charge is 0.458 e. The van der Waals surface area contributed by atoms with Gasteiger partial charge in [-0.2, -0.15) is 0 Å². The number of fused-ring (bicyclic) bond motifs is 9. The number of hydrogen-bond donors (Lipinski definition) is 0. The lowest BCUT2D eigenvalue weighted by Gasteiger charge is -2.35. The molecular weight excluding hydrogens is 679 g/mol. The van der Waals surface area contributed by atoms with Gasteiger partial charge in [-0.25, -0.2) is 0 Å². The summed E-state index contributed by atoms with van der Waals surface area (Å²) in [7, 11) is 0. The number of hydrogen-bond acceptors (Lipinski definition) is 2. The fourth-order valence-corrected chi connectivity index (χ4v) is 9.38. The van der Waals surface area contributed by atoms with Gasteiger partial charge in [-0.3, -0.25) is 0 Å². The van der Waals surface area contributed by atoms with Gasteiger partial charge < -0.3 is 9.47 Å². The average Bonchev–Trinajstić information content (AvgIpc) is 3.25. The van der Waals surface area contributed by atoms with Crippen LogP contribution < -0.4 is 25.9 Å². The molecule has 9 aromatic carbocycles. The van der Waals surface area contributed by atoms with E-state index < -0.39 is 0 Å². The van der Waals surface area contributed by atoms with Crippen LogP contribution in [-0.4, -0.2) is 6.71 Å². The van der Waals surface area contributed by atoms with Crippen LogP contribution in [0.4, 0.5) is 0 Å². The van der Waals surface area contributed by atoms with Crippen LogP contribution in [0.2, 0.25) is 0 Å². The van der Waals surface area contributed by atoms with Gasteiger partial charge >= 0.3 is 0 Å². The lowest BCUT2D eigenvalue weighted by molar-refractivity contribution is 0.469. The van der Waals surface area contributed by atoms with Crippen molar-refractivity contribution in [3.05, 3.63) is 194 Å². The highest BCUT2D eigenvalue weighted by atomic mass is 16.5. The number of benzene rings is 9. The lowest BCUT2D eigenvalue weighted by atomic mass is 9.34. The van der Waals surface area contributed by atoms with E-state index in [1.807, 2.05) is 12.2 Å². The Kier molecular flexibility index (Phi) is 7.37. The van der Waals surface area contributed by atoms with Gasteiger partial charge in [-0.05, 0) is 95.9 Å². The van der Waals surface area contributed by atoms with E-state index in [0.717, 1.165) is 61.4 Å². The van der Waals surface area contributed by atoms with Crippen LogP contribution in [-0.2, 0) is 0 Å². The second kappa shape index (κ2) is 12.8. The summed E-state index contributed by atoms with van der Waals surface area (Å²) in [5.41, 5.74) is 12.8. The zero-order chi connectivity index (χ0) is 37.3. The lowest BCUT2D eigenvalue weighted by Crippen LogP contribution is -2.57. The molecule has 0 unspecified atom stereocenters. The third-order valence-electron chi connectivity index (χ3n) is 11.8. The molecule has 2 aliphatic heterocycles. The van der Waals surface area contributed by atoms with Crippen molar-refractivity contribution in [3.8, 4) is 56.4 Å². The summed E-state index contributed by atoms with van der Waals surface area (Å²) in [6.45, 7) is 6.20. The van der Waals surface area contributed by atoms with Gasteiger partial charge in [0.15, 0.2) is 0 Å². The molecule has 0 saturated heterocycles. The van der Waals surface area contributed by atoms with E-state index in [-0.39, 0.29) is 6.71 Å². The summed E-state index contributed by atoms with van der Waals surface area (Å²) >= 11 is 0. The highest BCUT2D eigenvalue weighted by molar-refractivity contribution is 6.99. The summed E-state index contributed by atoms with van der Waals surface area (Å²) in [6.07, 6.45) is 6.12. The van der Waals surface area contributed by atoms with E-state index in [1.165, 1.54) is 54.8 Å². The summed E-state index contributed by atoms with van der Waals surface area (Å²) in [5, 5.41) is 6.98. The van der Waals surface area contributed by atoms with E-state index >= 15 is 0 Å². The summed E-state index contributed by atoms with van der Waals surface area (Å²) in [4.78, 5) is 0. The first-order valence-electron chi connectivity index (χ1n) is 19.2. The van der Waals surface area contributed by atoms with Crippen LogP contribution in [0.15, 0.2) is 183 Å². The van der Waals surface area contributed by atoms with Crippen molar-refractivity contribution in [2.24, 2.45) is 0 Å². The predicted molar refractivity (Wildman–Crippen MR) is 237 cm³/mol. The summed E-state index contributed by atoms with van der Waals surface area (Å²) < 4.78 is 14.1. The van der Waals surface area contributed by atoms with Crippen molar-refractivity contribution in [2.75, 3.05) is 0 Å². The highest BCUT2D eigenvalue weighted by Gasteiger charge is 2.43. The highest BCUT2D eigenvalue weighted by Crippen LogP contribution is 2.48. The summed E-state index contributed by atoms with van der Waals surface area (Å²) in [5.74, 6) is 3.49. The smallest absolute Gasteiger partial charge is 0.261 e. The third-order valence-corrected chi connectivity index (χ3v) is 11.8. The SMILES string of the molecule is C=C/C=C\c1c(C)c(-c2ccccc2-c2cccc3c2Oc2c4c(cc5ccccc25)Oc2ccc5ccccc5c2B34)c2ccccc2c1-c1ccccc1. The zero-order valence-electron chi connectivity index (χ0n) is 30.9. The molecule has 11 rings (SSSR count). The number of ether oxygens (including phenoxy) is 2. The molecule has 0 amide bonds. The second-order valence-corrected chi connectivity index (χ2v) is 14.7. The second-order valence-electron chi connectivity index (χ2n) is 14.7. The fraction of sp³-hybridized carbons (Fsp3) is 0.0189. The molecule has 0 aliphatic carbocycles. The van der Waals surface area contributed by atoms with Gasteiger partial charge in [0.25, 0.3) is 6.71 Å². The molecule has 2 nitrogen and oxygen atoms in total. The van der Waals surface area contributed by atoms with Crippen molar-refractivity contribution >= 4 is 61.5 Å². The molecule has 262 valence electrons. The zero-order valence-corrected chi connectivity index (χ0v) is 30.9. The normalized spacial score (nSPS) is 12.6. The monoisotopic (exact) mass is 714 g/mol. The van der Waals surface area contributed by atoms with E-state index in [2.05, 4.69) is 183 Å². The van der Waals surface area contributed by atoms with Gasteiger partial charge in [0.2, 0.25) is 0 Å². The van der Waals surface area contributed by atoms with Crippen LogP contribution in [0.25, 0.3) is 71.8 Å². The molecule has 0 radical (unpaired) electrons. The van der Waals surface area contributed by atoms with Crippen LogP contribution in [0.5, 0.6) is 23.0 Å². The standard InChI is InChI=1S/C53H35BO2/c1-3-4-21-37-33(2)48(42-26-14-15-27-43(42)49(37)35-18-6-5-7-19-35)41-25-13-12-24-40(41)44-28-16-29-45-52(44)56-53-39-23-11-9-20-36(39)32-47-51(53)54(45)50-38-22-10-8-17-34(38)30-31-46(50)55-47/h3-32H,1H2,2H3/b21-4-. The molecule has 56 heavy (non-hydrogen) atoms. The van der Waals surface area contributed by atoms with E-state index in [1.54, 1.807) is 0 Å². The van der Waals surface area contributed by atoms with Crippen molar-refractivity contribution in [1.29, 1.82) is 0 Å². The number of allylic oxidation sites excluding steroid dienone is 2. The van der Waals surface area contributed by atoms with Gasteiger partial charge in [0.1, 0.15) is 23.0 Å². The average molecular weight is 715 g/mol. The third kappa shape index (κ3) is 4.77. The Hall–Kier alpha value is -7.10. The maximum absolute atomic E-state index is 7.31. The maximum Gasteiger partial charge on any atom is 0.261 e. The first kappa shape index (κ1) is 32.3. The van der Waals surface area contributed by atoms with Crippen molar-refractivity contribution in [3.63, 3.8) is 0 Å². The van der Waals surface area contributed by atoms with Gasteiger partial charge in [0.05, 0.1) is 0 Å². The molecule has 0 bridgehead atoms. The molecular formula is C53H35BO2. The molecule has 0 atom stereocenters. The van der Waals surface area contributed by atoms with Crippen molar-refractivity contribution < 1.29 is 9.47 Å². The van der Waals surface area contributed by atoms with E-state index in [0.29, 0.717) is 0 Å². The van der Waals surface area contributed by atoms with Crippen LogP contribution in [0.3, 0.4) is 0 Å². The fourth-order valence-electron chi connectivity index (χ4n) is 9.38. The first-order chi connectivity index (χ1) is 27.7. The van der Waals surface area contributed by atoms with Crippen LogP contribution >= 0.6 is 0 Å². The van der Waals surface area contributed by atoms with Crippen LogP contribution in [0.1, 0.15) is 11.1 Å². The van der Waals surface area contributed by atoms with Crippen LogP contribution in [0, 0.1) is 6.92 Å². The minimum Gasteiger partial charge on any atom is -0.458 e. The summed E-state index contributed by atoms with van der Waals surface area (Å²) in [6, 6.07) is 58.7. The quantitative estimate of drug-likeness (QED) is 0.131.